The largest absolute Gasteiger partial charge is 0.356 e. The molecule has 0 spiro atoms. The Morgan fingerprint density at radius 2 is 1.72 bits per heavy atom. The smallest absolute Gasteiger partial charge is 0.315 e. The summed E-state index contributed by atoms with van der Waals surface area (Å²) >= 11 is 0. The van der Waals surface area contributed by atoms with E-state index in [-0.39, 0.29) is 17.8 Å². The Balaban J connectivity index is 1.48. The van der Waals surface area contributed by atoms with Crippen LogP contribution in [0, 0.1) is 5.82 Å². The van der Waals surface area contributed by atoms with Crippen LogP contribution in [0.2, 0.25) is 0 Å². The second-order valence-electron chi connectivity index (χ2n) is 6.57. The number of urea groups is 1. The van der Waals surface area contributed by atoms with Gasteiger partial charge < -0.3 is 16.0 Å². The number of rotatable bonds is 8. The number of hydrogen-bond acceptors (Lipinski definition) is 2. The Morgan fingerprint density at radius 1 is 1.00 bits per heavy atom. The van der Waals surface area contributed by atoms with Crippen LogP contribution in [0.3, 0.4) is 0 Å². The summed E-state index contributed by atoms with van der Waals surface area (Å²) in [6.45, 7) is 1.02. The second kappa shape index (κ2) is 10.7. The van der Waals surface area contributed by atoms with E-state index in [2.05, 4.69) is 16.0 Å². The van der Waals surface area contributed by atoms with Gasteiger partial charge in [-0.15, -0.1) is 0 Å². The summed E-state index contributed by atoms with van der Waals surface area (Å²) in [5.41, 5.74) is 0.989. The average Bonchev–Trinajstić information content (AvgIpc) is 2.61. The molecule has 0 heterocycles. The second-order valence-corrected chi connectivity index (χ2v) is 6.57. The lowest BCUT2D eigenvalue weighted by molar-refractivity contribution is -0.121. The molecule has 0 saturated heterocycles. The fourth-order valence-electron chi connectivity index (χ4n) is 3.02. The van der Waals surface area contributed by atoms with Crippen LogP contribution in [0.5, 0.6) is 0 Å². The predicted molar refractivity (Wildman–Crippen MR) is 95.8 cm³/mol. The first-order chi connectivity index (χ1) is 12.1. The van der Waals surface area contributed by atoms with Gasteiger partial charge in [0.25, 0.3) is 0 Å². The van der Waals surface area contributed by atoms with Gasteiger partial charge in [0.2, 0.25) is 5.91 Å². The highest BCUT2D eigenvalue weighted by Gasteiger charge is 2.15. The van der Waals surface area contributed by atoms with Crippen LogP contribution in [0.25, 0.3) is 0 Å². The molecule has 5 nitrogen and oxygen atoms in total. The van der Waals surface area contributed by atoms with Crippen LogP contribution < -0.4 is 16.0 Å². The highest BCUT2D eigenvalue weighted by molar-refractivity contribution is 5.76. The molecular weight excluding hydrogens is 321 g/mol. The minimum atomic E-state index is -0.257. The number of amides is 3. The van der Waals surface area contributed by atoms with E-state index in [1.54, 1.807) is 12.1 Å². The molecule has 138 valence electrons. The van der Waals surface area contributed by atoms with E-state index in [0.717, 1.165) is 18.4 Å². The third kappa shape index (κ3) is 8.01. The van der Waals surface area contributed by atoms with Crippen molar-refractivity contribution in [3.8, 4) is 0 Å². The average molecular weight is 349 g/mol. The van der Waals surface area contributed by atoms with Crippen molar-refractivity contribution >= 4 is 11.9 Å². The molecule has 0 radical (unpaired) electrons. The van der Waals surface area contributed by atoms with Gasteiger partial charge in [-0.1, -0.05) is 31.4 Å². The highest BCUT2D eigenvalue weighted by atomic mass is 19.1. The molecule has 3 N–H and O–H groups in total. The Hall–Kier alpha value is -2.11. The summed E-state index contributed by atoms with van der Waals surface area (Å²) in [6, 6.07) is 6.43. The lowest BCUT2D eigenvalue weighted by Gasteiger charge is -2.22. The molecule has 0 atom stereocenters. The molecule has 1 aliphatic rings. The van der Waals surface area contributed by atoms with Crippen LogP contribution in [0.4, 0.5) is 9.18 Å². The zero-order valence-corrected chi connectivity index (χ0v) is 14.7. The zero-order chi connectivity index (χ0) is 17.9. The molecule has 1 saturated carbocycles. The summed E-state index contributed by atoms with van der Waals surface area (Å²) in [4.78, 5) is 23.5. The summed E-state index contributed by atoms with van der Waals surface area (Å²) < 4.78 is 12.8. The monoisotopic (exact) mass is 349 g/mol. The Morgan fingerprint density at radius 3 is 2.44 bits per heavy atom. The number of halogens is 1. The Labute approximate surface area is 148 Å². The van der Waals surface area contributed by atoms with E-state index in [9.17, 15) is 14.0 Å². The molecule has 0 aromatic heterocycles. The van der Waals surface area contributed by atoms with Crippen molar-refractivity contribution in [2.45, 2.75) is 57.4 Å². The van der Waals surface area contributed by atoms with Gasteiger partial charge in [-0.05, 0) is 43.4 Å². The van der Waals surface area contributed by atoms with Crippen LogP contribution in [-0.4, -0.2) is 31.1 Å². The van der Waals surface area contributed by atoms with Crippen molar-refractivity contribution in [2.24, 2.45) is 0 Å². The van der Waals surface area contributed by atoms with Gasteiger partial charge in [-0.2, -0.15) is 0 Å². The summed E-state index contributed by atoms with van der Waals surface area (Å²) in [5.74, 6) is -0.288. The fourth-order valence-corrected chi connectivity index (χ4v) is 3.02. The van der Waals surface area contributed by atoms with Gasteiger partial charge in [-0.3, -0.25) is 4.79 Å². The molecule has 1 aromatic carbocycles. The molecule has 3 amide bonds. The van der Waals surface area contributed by atoms with E-state index in [0.29, 0.717) is 38.4 Å². The summed E-state index contributed by atoms with van der Waals surface area (Å²) in [5, 5.41) is 8.63. The molecule has 2 rings (SSSR count). The van der Waals surface area contributed by atoms with Gasteiger partial charge in [0, 0.05) is 25.6 Å². The maximum Gasteiger partial charge on any atom is 0.315 e. The van der Waals surface area contributed by atoms with Crippen LogP contribution in [0.15, 0.2) is 24.3 Å². The van der Waals surface area contributed by atoms with Crippen molar-refractivity contribution in [3.05, 3.63) is 35.6 Å². The molecule has 1 aromatic rings. The number of carbonyl (C=O) groups is 2. The molecular formula is C19H28FN3O2. The Bertz CT molecular complexity index is 542. The third-order valence-electron chi connectivity index (χ3n) is 4.46. The minimum absolute atomic E-state index is 0.0309. The SMILES string of the molecule is O=C(CCCNC(=O)NC1CCCCC1)NCCc1ccc(F)cc1. The van der Waals surface area contributed by atoms with Crippen molar-refractivity contribution in [2.75, 3.05) is 13.1 Å². The molecule has 1 aliphatic carbocycles. The lowest BCUT2D eigenvalue weighted by Crippen LogP contribution is -2.43. The van der Waals surface area contributed by atoms with E-state index in [1.807, 2.05) is 0 Å². The molecule has 0 aliphatic heterocycles. The normalized spacial score (nSPS) is 14.8. The van der Waals surface area contributed by atoms with Gasteiger partial charge in [-0.25, -0.2) is 9.18 Å². The van der Waals surface area contributed by atoms with Crippen LogP contribution in [-0.2, 0) is 11.2 Å². The van der Waals surface area contributed by atoms with Crippen LogP contribution in [0.1, 0.15) is 50.5 Å². The lowest BCUT2D eigenvalue weighted by atomic mass is 9.96. The van der Waals surface area contributed by atoms with Crippen molar-refractivity contribution in [1.82, 2.24) is 16.0 Å². The first-order valence-corrected chi connectivity index (χ1v) is 9.19. The summed E-state index contributed by atoms with van der Waals surface area (Å²) in [7, 11) is 0. The fraction of sp³-hybridized carbons (Fsp3) is 0.579. The number of nitrogens with one attached hydrogen (secondary N) is 3. The molecule has 25 heavy (non-hydrogen) atoms. The summed E-state index contributed by atoms with van der Waals surface area (Å²) in [6.07, 6.45) is 7.41. The van der Waals surface area contributed by atoms with Gasteiger partial charge in [0.1, 0.15) is 5.82 Å². The van der Waals surface area contributed by atoms with Gasteiger partial charge in [0.05, 0.1) is 0 Å². The van der Waals surface area contributed by atoms with E-state index < -0.39 is 0 Å². The predicted octanol–water partition coefficient (Wildman–Crippen LogP) is 2.90. The number of carbonyl (C=O) groups excluding carboxylic acids is 2. The van der Waals surface area contributed by atoms with Gasteiger partial charge >= 0.3 is 6.03 Å². The van der Waals surface area contributed by atoms with E-state index >= 15 is 0 Å². The maximum absolute atomic E-state index is 12.8. The van der Waals surface area contributed by atoms with E-state index in [4.69, 9.17) is 0 Å². The minimum Gasteiger partial charge on any atom is -0.356 e. The topological polar surface area (TPSA) is 70.2 Å². The molecule has 0 bridgehead atoms. The standard InChI is InChI=1S/C19H28FN3O2/c20-16-10-8-15(9-11-16)12-14-21-18(24)7-4-13-22-19(25)23-17-5-2-1-3-6-17/h8-11,17H,1-7,12-14H2,(H,21,24)(H2,22,23,25). The zero-order valence-electron chi connectivity index (χ0n) is 14.7. The third-order valence-corrected chi connectivity index (χ3v) is 4.46. The number of benzene rings is 1. The molecule has 1 fully saturated rings. The van der Waals surface area contributed by atoms with Crippen LogP contribution >= 0.6 is 0 Å². The first-order valence-electron chi connectivity index (χ1n) is 9.19. The highest BCUT2D eigenvalue weighted by Crippen LogP contribution is 2.17. The van der Waals surface area contributed by atoms with Crippen molar-refractivity contribution in [1.29, 1.82) is 0 Å². The van der Waals surface area contributed by atoms with Gasteiger partial charge in [0.15, 0.2) is 0 Å². The molecule has 0 unspecified atom stereocenters. The van der Waals surface area contributed by atoms with Crippen molar-refractivity contribution in [3.63, 3.8) is 0 Å². The quantitative estimate of drug-likeness (QED) is 0.632. The van der Waals surface area contributed by atoms with E-state index in [1.165, 1.54) is 31.4 Å². The Kier molecular flexibility index (Phi) is 8.22. The number of hydrogen-bond donors (Lipinski definition) is 3. The maximum atomic E-state index is 12.8. The first kappa shape index (κ1) is 19.2. The van der Waals surface area contributed by atoms with Crippen molar-refractivity contribution < 1.29 is 14.0 Å². The molecule has 6 heteroatoms.